The van der Waals surface area contributed by atoms with Crippen molar-refractivity contribution < 1.29 is 14.7 Å². The molecule has 20 heavy (non-hydrogen) atoms. The van der Waals surface area contributed by atoms with Crippen LogP contribution in [0.5, 0.6) is 0 Å². The molecule has 0 saturated carbocycles. The van der Waals surface area contributed by atoms with E-state index in [-0.39, 0.29) is 24.5 Å². The maximum Gasteiger partial charge on any atom is 0.320 e. The van der Waals surface area contributed by atoms with E-state index in [1.807, 2.05) is 4.90 Å². The van der Waals surface area contributed by atoms with E-state index in [0.29, 0.717) is 6.54 Å². The molecular formula is C14H25N3O3. The minimum Gasteiger partial charge on any atom is -0.481 e. The van der Waals surface area contributed by atoms with Gasteiger partial charge in [0.1, 0.15) is 0 Å². The van der Waals surface area contributed by atoms with Crippen LogP contribution in [0.1, 0.15) is 32.6 Å². The number of carbonyl (C=O) groups is 2. The van der Waals surface area contributed by atoms with Crippen LogP contribution >= 0.6 is 0 Å². The summed E-state index contributed by atoms with van der Waals surface area (Å²) < 4.78 is 0. The first-order chi connectivity index (χ1) is 9.49. The number of piperazine rings is 1. The van der Waals surface area contributed by atoms with E-state index in [2.05, 4.69) is 18.9 Å². The van der Waals surface area contributed by atoms with Crippen molar-refractivity contribution in [3.05, 3.63) is 0 Å². The lowest BCUT2D eigenvalue weighted by Crippen LogP contribution is -2.59. The van der Waals surface area contributed by atoms with Crippen molar-refractivity contribution >= 4 is 12.0 Å². The zero-order valence-corrected chi connectivity index (χ0v) is 12.4. The van der Waals surface area contributed by atoms with Crippen LogP contribution in [0.25, 0.3) is 0 Å². The van der Waals surface area contributed by atoms with E-state index in [9.17, 15) is 9.59 Å². The first kappa shape index (κ1) is 15.1. The third kappa shape index (κ3) is 3.42. The quantitative estimate of drug-likeness (QED) is 0.823. The number of carboxylic acid groups (broad SMARTS) is 1. The van der Waals surface area contributed by atoms with Gasteiger partial charge in [0.05, 0.1) is 6.42 Å². The van der Waals surface area contributed by atoms with Gasteiger partial charge in [-0.05, 0) is 33.2 Å². The second-order valence-corrected chi connectivity index (χ2v) is 6.03. The Balaban J connectivity index is 2.03. The van der Waals surface area contributed by atoms with Gasteiger partial charge in [0.25, 0.3) is 0 Å². The van der Waals surface area contributed by atoms with Gasteiger partial charge in [-0.1, -0.05) is 0 Å². The summed E-state index contributed by atoms with van der Waals surface area (Å²) in [5.41, 5.74) is 0. The molecule has 2 saturated heterocycles. The van der Waals surface area contributed by atoms with Gasteiger partial charge in [-0.25, -0.2) is 4.79 Å². The highest BCUT2D eigenvalue weighted by molar-refractivity contribution is 5.76. The monoisotopic (exact) mass is 283 g/mol. The average molecular weight is 283 g/mol. The number of hydrogen-bond acceptors (Lipinski definition) is 3. The summed E-state index contributed by atoms with van der Waals surface area (Å²) >= 11 is 0. The molecule has 2 fully saturated rings. The number of nitrogens with zero attached hydrogens (tertiary/aromatic N) is 3. The van der Waals surface area contributed by atoms with Crippen LogP contribution in [-0.4, -0.2) is 77.1 Å². The molecular weight excluding hydrogens is 258 g/mol. The highest BCUT2D eigenvalue weighted by Crippen LogP contribution is 2.22. The Hall–Kier alpha value is -1.30. The molecule has 114 valence electrons. The molecule has 0 spiro atoms. The summed E-state index contributed by atoms with van der Waals surface area (Å²) in [6, 6.07) is 0.0748. The summed E-state index contributed by atoms with van der Waals surface area (Å²) in [5, 5.41) is 9.00. The second kappa shape index (κ2) is 6.43. The van der Waals surface area contributed by atoms with Crippen LogP contribution in [0.4, 0.5) is 4.79 Å². The zero-order valence-electron chi connectivity index (χ0n) is 12.4. The minimum atomic E-state index is -0.818. The fourth-order valence-electron chi connectivity index (χ4n) is 3.26. The molecule has 0 aliphatic carbocycles. The van der Waals surface area contributed by atoms with Crippen molar-refractivity contribution in [2.45, 2.75) is 44.7 Å². The summed E-state index contributed by atoms with van der Waals surface area (Å²) in [7, 11) is 2.06. The van der Waals surface area contributed by atoms with Crippen molar-refractivity contribution in [3.8, 4) is 0 Å². The Kier molecular flexibility index (Phi) is 4.86. The number of piperidine rings is 1. The van der Waals surface area contributed by atoms with Gasteiger partial charge in [-0.15, -0.1) is 0 Å². The van der Waals surface area contributed by atoms with Gasteiger partial charge in [-0.2, -0.15) is 0 Å². The number of likely N-dealkylation sites (tertiary alicyclic amines) is 1. The van der Waals surface area contributed by atoms with E-state index >= 15 is 0 Å². The first-order valence-corrected chi connectivity index (χ1v) is 7.46. The largest absolute Gasteiger partial charge is 0.481 e. The molecule has 6 nitrogen and oxygen atoms in total. The van der Waals surface area contributed by atoms with Crippen molar-refractivity contribution in [2.75, 3.05) is 33.2 Å². The molecule has 2 aliphatic rings. The van der Waals surface area contributed by atoms with E-state index in [1.165, 1.54) is 0 Å². The van der Waals surface area contributed by atoms with Crippen molar-refractivity contribution in [2.24, 2.45) is 0 Å². The van der Waals surface area contributed by atoms with Gasteiger partial charge in [-0.3, -0.25) is 4.79 Å². The van der Waals surface area contributed by atoms with Crippen molar-refractivity contribution in [1.82, 2.24) is 14.7 Å². The maximum absolute atomic E-state index is 12.7. The third-order valence-corrected chi connectivity index (χ3v) is 4.36. The normalized spacial score (nSPS) is 28.5. The summed E-state index contributed by atoms with van der Waals surface area (Å²) in [6.07, 6.45) is 2.86. The molecule has 2 amide bonds. The molecule has 2 aliphatic heterocycles. The van der Waals surface area contributed by atoms with Crippen molar-refractivity contribution in [3.63, 3.8) is 0 Å². The van der Waals surface area contributed by atoms with Crippen LogP contribution in [0, 0.1) is 0 Å². The fourth-order valence-corrected chi connectivity index (χ4v) is 3.26. The predicted molar refractivity (Wildman–Crippen MR) is 75.7 cm³/mol. The van der Waals surface area contributed by atoms with Gasteiger partial charge in [0.15, 0.2) is 0 Å². The predicted octanol–water partition coefficient (Wildman–Crippen LogP) is 1.07. The molecule has 1 N–H and O–H groups in total. The molecule has 6 heteroatoms. The molecule has 2 atom stereocenters. The summed E-state index contributed by atoms with van der Waals surface area (Å²) in [5.74, 6) is -0.818. The Morgan fingerprint density at radius 3 is 2.55 bits per heavy atom. The van der Waals surface area contributed by atoms with Crippen LogP contribution in [0.3, 0.4) is 0 Å². The van der Waals surface area contributed by atoms with Gasteiger partial charge in [0.2, 0.25) is 0 Å². The number of likely N-dealkylation sites (N-methyl/N-ethyl adjacent to an activating group) is 1. The van der Waals surface area contributed by atoms with Gasteiger partial charge in [0, 0.05) is 38.3 Å². The summed E-state index contributed by atoms with van der Waals surface area (Å²) in [6.45, 7) is 5.24. The number of hydrogen-bond donors (Lipinski definition) is 1. The minimum absolute atomic E-state index is 0.0246. The Morgan fingerprint density at radius 1 is 1.15 bits per heavy atom. The Labute approximate surface area is 120 Å². The number of urea groups is 1. The van der Waals surface area contributed by atoms with E-state index in [0.717, 1.165) is 38.9 Å². The first-order valence-electron chi connectivity index (χ1n) is 7.46. The number of carboxylic acids is 1. The molecule has 0 aromatic rings. The maximum atomic E-state index is 12.7. The number of aliphatic carboxylic acids is 1. The molecule has 2 unspecified atom stereocenters. The third-order valence-electron chi connectivity index (χ3n) is 4.36. The lowest BCUT2D eigenvalue weighted by molar-refractivity contribution is -0.138. The van der Waals surface area contributed by atoms with Crippen LogP contribution in [-0.2, 0) is 4.79 Å². The zero-order chi connectivity index (χ0) is 14.7. The van der Waals surface area contributed by atoms with E-state index in [1.54, 1.807) is 4.90 Å². The van der Waals surface area contributed by atoms with Crippen molar-refractivity contribution in [1.29, 1.82) is 0 Å². The van der Waals surface area contributed by atoms with E-state index in [4.69, 9.17) is 5.11 Å². The SMILES string of the molecule is CC1CN(C)CCN1C(=O)N1CCCCC1CC(=O)O. The van der Waals surface area contributed by atoms with Crippen LogP contribution < -0.4 is 0 Å². The van der Waals surface area contributed by atoms with Crippen LogP contribution in [0.15, 0.2) is 0 Å². The highest BCUT2D eigenvalue weighted by atomic mass is 16.4. The topological polar surface area (TPSA) is 64.1 Å². The number of carbonyl (C=O) groups excluding carboxylic acids is 1. The Bertz CT molecular complexity index is 375. The molecule has 2 heterocycles. The molecule has 0 aromatic carbocycles. The smallest absolute Gasteiger partial charge is 0.320 e. The fraction of sp³-hybridized carbons (Fsp3) is 0.857. The lowest BCUT2D eigenvalue weighted by atomic mass is 9.99. The van der Waals surface area contributed by atoms with E-state index < -0.39 is 5.97 Å². The van der Waals surface area contributed by atoms with Crippen LogP contribution in [0.2, 0.25) is 0 Å². The van der Waals surface area contributed by atoms with Gasteiger partial charge < -0.3 is 19.8 Å². The second-order valence-electron chi connectivity index (χ2n) is 6.03. The molecule has 0 radical (unpaired) electrons. The standard InChI is InChI=1S/C14H25N3O3/c1-11-10-15(2)7-8-16(11)14(20)17-6-4-3-5-12(17)9-13(18)19/h11-12H,3-10H2,1-2H3,(H,18,19). The van der Waals surface area contributed by atoms with Gasteiger partial charge >= 0.3 is 12.0 Å². The number of rotatable bonds is 2. The molecule has 0 bridgehead atoms. The highest BCUT2D eigenvalue weighted by Gasteiger charge is 2.34. The molecule has 0 aromatic heterocycles. The Morgan fingerprint density at radius 2 is 1.90 bits per heavy atom. The lowest BCUT2D eigenvalue weighted by Gasteiger charge is -2.44. The average Bonchev–Trinajstić information content (AvgIpc) is 2.38. The number of amides is 2. The molecule has 2 rings (SSSR count). The summed E-state index contributed by atoms with van der Waals surface area (Å²) in [4.78, 5) is 29.6.